The van der Waals surface area contributed by atoms with E-state index in [2.05, 4.69) is 5.32 Å². The summed E-state index contributed by atoms with van der Waals surface area (Å²) < 4.78 is 16.0. The van der Waals surface area contributed by atoms with Crippen LogP contribution in [0.3, 0.4) is 0 Å². The van der Waals surface area contributed by atoms with Crippen LogP contribution in [0.4, 0.5) is 5.69 Å². The normalized spacial score (nSPS) is 17.9. The van der Waals surface area contributed by atoms with Gasteiger partial charge in [0.05, 0.1) is 44.6 Å². The molecule has 0 unspecified atom stereocenters. The molecule has 1 aromatic rings. The Labute approximate surface area is 157 Å². The van der Waals surface area contributed by atoms with E-state index in [0.717, 1.165) is 0 Å². The Bertz CT molecular complexity index is 617. The van der Waals surface area contributed by atoms with E-state index in [0.29, 0.717) is 51.0 Å². The Kier molecular flexibility index (Phi) is 7.29. The molecule has 2 aliphatic heterocycles. The summed E-state index contributed by atoms with van der Waals surface area (Å²) in [6, 6.07) is 4.26. The van der Waals surface area contributed by atoms with Gasteiger partial charge in [0.15, 0.2) is 0 Å². The van der Waals surface area contributed by atoms with Crippen molar-refractivity contribution in [1.82, 2.24) is 4.90 Å². The molecule has 0 aromatic heterocycles. The number of hydrogen-bond donors (Lipinski definition) is 1. The first kappa shape index (κ1) is 19.8. The molecule has 2 aliphatic rings. The standard InChI is InChI=1S/C16H20N2O6.Li/c19-15(8-18-3-5-22-6-4-18)17-13-7-11(16(20)21)1-2-14(13)24-12-9-23-10-12;/h1-2,7,12H,3-6,8-10H2,(H,17,19)(H,20,21);/q;+1/p-1. The number of anilines is 1. The minimum Gasteiger partial charge on any atom is -0.545 e. The van der Waals surface area contributed by atoms with E-state index < -0.39 is 5.97 Å². The maximum Gasteiger partial charge on any atom is 1.00 e. The van der Waals surface area contributed by atoms with E-state index in [9.17, 15) is 14.7 Å². The van der Waals surface area contributed by atoms with Crippen LogP contribution < -0.4 is 34.0 Å². The van der Waals surface area contributed by atoms with Crippen LogP contribution in [0.5, 0.6) is 5.75 Å². The van der Waals surface area contributed by atoms with Crippen LogP contribution in [-0.4, -0.2) is 68.9 Å². The van der Waals surface area contributed by atoms with Gasteiger partial charge in [-0.3, -0.25) is 9.69 Å². The molecule has 0 atom stereocenters. The molecule has 0 radical (unpaired) electrons. The summed E-state index contributed by atoms with van der Waals surface area (Å²) in [5.74, 6) is -1.12. The maximum atomic E-state index is 12.2. The minimum absolute atomic E-state index is 0. The number of carbonyl (C=O) groups excluding carboxylic acids is 2. The number of aromatic carboxylic acids is 1. The second kappa shape index (κ2) is 9.22. The van der Waals surface area contributed by atoms with Gasteiger partial charge < -0.3 is 29.4 Å². The van der Waals surface area contributed by atoms with Crippen LogP contribution in [0.2, 0.25) is 0 Å². The molecule has 0 spiro atoms. The van der Waals surface area contributed by atoms with Crippen molar-refractivity contribution in [2.45, 2.75) is 6.10 Å². The smallest absolute Gasteiger partial charge is 0.545 e. The fraction of sp³-hybridized carbons (Fsp3) is 0.500. The van der Waals surface area contributed by atoms with Crippen molar-refractivity contribution < 1.29 is 47.8 Å². The molecule has 2 heterocycles. The average molecular weight is 342 g/mol. The monoisotopic (exact) mass is 342 g/mol. The molecule has 0 bridgehead atoms. The molecule has 1 N–H and O–H groups in total. The van der Waals surface area contributed by atoms with E-state index in [1.165, 1.54) is 18.2 Å². The molecule has 0 saturated carbocycles. The summed E-state index contributed by atoms with van der Waals surface area (Å²) in [7, 11) is 0. The first-order valence-electron chi connectivity index (χ1n) is 7.81. The molecule has 8 nitrogen and oxygen atoms in total. The molecule has 2 fully saturated rings. The number of hydrogen-bond acceptors (Lipinski definition) is 7. The summed E-state index contributed by atoms with van der Waals surface area (Å²) >= 11 is 0. The van der Waals surface area contributed by atoms with Gasteiger partial charge in [0, 0.05) is 13.1 Å². The summed E-state index contributed by atoms with van der Waals surface area (Å²) in [6.07, 6.45) is -0.0892. The molecular formula is C16H19LiN2O6. The Morgan fingerprint density at radius 1 is 1.24 bits per heavy atom. The van der Waals surface area contributed by atoms with E-state index in [4.69, 9.17) is 14.2 Å². The van der Waals surface area contributed by atoms with E-state index in [1.807, 2.05) is 4.90 Å². The Morgan fingerprint density at radius 3 is 2.56 bits per heavy atom. The predicted octanol–water partition coefficient (Wildman–Crippen LogP) is -3.90. The third-order valence-electron chi connectivity index (χ3n) is 3.86. The second-order valence-electron chi connectivity index (χ2n) is 5.71. The van der Waals surface area contributed by atoms with Crippen LogP contribution in [-0.2, 0) is 14.3 Å². The van der Waals surface area contributed by atoms with E-state index in [-0.39, 0.29) is 43.0 Å². The van der Waals surface area contributed by atoms with Crippen molar-refractivity contribution in [3.63, 3.8) is 0 Å². The molecular weight excluding hydrogens is 323 g/mol. The summed E-state index contributed by atoms with van der Waals surface area (Å²) in [6.45, 7) is 3.75. The molecule has 1 aromatic carbocycles. The third kappa shape index (κ3) is 5.46. The molecule has 130 valence electrons. The minimum atomic E-state index is -1.31. The zero-order valence-electron chi connectivity index (χ0n) is 14.2. The van der Waals surface area contributed by atoms with Gasteiger partial charge >= 0.3 is 18.9 Å². The Balaban J connectivity index is 0.00000225. The first-order chi connectivity index (χ1) is 11.6. The van der Waals surface area contributed by atoms with Crippen molar-refractivity contribution >= 4 is 17.6 Å². The van der Waals surface area contributed by atoms with Crippen LogP contribution in [0, 0.1) is 0 Å². The number of nitrogens with one attached hydrogen (secondary N) is 1. The van der Waals surface area contributed by atoms with E-state index in [1.54, 1.807) is 0 Å². The van der Waals surface area contributed by atoms with Crippen molar-refractivity contribution in [1.29, 1.82) is 0 Å². The largest absolute Gasteiger partial charge is 1.00 e. The van der Waals surface area contributed by atoms with Gasteiger partial charge in [-0.25, -0.2) is 0 Å². The predicted molar refractivity (Wildman–Crippen MR) is 81.9 cm³/mol. The number of carbonyl (C=O) groups is 2. The van der Waals surface area contributed by atoms with E-state index >= 15 is 0 Å². The summed E-state index contributed by atoms with van der Waals surface area (Å²) in [5, 5.41) is 13.8. The van der Waals surface area contributed by atoms with Gasteiger partial charge in [-0.1, -0.05) is 0 Å². The number of ether oxygens (including phenoxy) is 3. The number of morpholine rings is 1. The average Bonchev–Trinajstić information content (AvgIpc) is 2.52. The van der Waals surface area contributed by atoms with Crippen LogP contribution in [0.25, 0.3) is 0 Å². The van der Waals surface area contributed by atoms with Crippen LogP contribution in [0.1, 0.15) is 10.4 Å². The number of rotatable bonds is 6. The molecule has 3 rings (SSSR count). The summed E-state index contributed by atoms with van der Waals surface area (Å²) in [5.41, 5.74) is 0.302. The third-order valence-corrected chi connectivity index (χ3v) is 3.86. The molecule has 0 aliphatic carbocycles. The molecule has 2 saturated heterocycles. The topological polar surface area (TPSA) is 100 Å². The van der Waals surface area contributed by atoms with Gasteiger partial charge in [0.25, 0.3) is 0 Å². The SMILES string of the molecule is O=C(CN1CCOCC1)Nc1cc(C(=O)[O-])ccc1OC1COC1.[Li+]. The summed E-state index contributed by atoms with van der Waals surface area (Å²) in [4.78, 5) is 25.3. The van der Waals surface area contributed by atoms with Crippen LogP contribution in [0.15, 0.2) is 18.2 Å². The molecule has 25 heavy (non-hydrogen) atoms. The van der Waals surface area contributed by atoms with Gasteiger partial charge in [0.1, 0.15) is 11.9 Å². The fourth-order valence-electron chi connectivity index (χ4n) is 2.47. The molecule has 1 amide bonds. The Morgan fingerprint density at radius 2 is 1.96 bits per heavy atom. The zero-order valence-corrected chi connectivity index (χ0v) is 14.2. The maximum absolute atomic E-state index is 12.2. The van der Waals surface area contributed by atoms with Crippen molar-refractivity contribution in [2.24, 2.45) is 0 Å². The van der Waals surface area contributed by atoms with Crippen molar-refractivity contribution in [3.05, 3.63) is 23.8 Å². The number of carboxylic acid groups (broad SMARTS) is 1. The Hall–Kier alpha value is -1.56. The van der Waals surface area contributed by atoms with Crippen molar-refractivity contribution in [3.8, 4) is 5.75 Å². The van der Waals surface area contributed by atoms with Crippen molar-refractivity contribution in [2.75, 3.05) is 51.4 Å². The number of nitrogens with zero attached hydrogens (tertiary/aromatic N) is 1. The molecule has 9 heteroatoms. The number of benzene rings is 1. The van der Waals surface area contributed by atoms with Gasteiger partial charge in [-0.05, 0) is 23.8 Å². The zero-order chi connectivity index (χ0) is 16.9. The quantitative estimate of drug-likeness (QED) is 0.528. The van der Waals surface area contributed by atoms with Gasteiger partial charge in [0.2, 0.25) is 5.91 Å². The first-order valence-corrected chi connectivity index (χ1v) is 7.81. The number of amides is 1. The second-order valence-corrected chi connectivity index (χ2v) is 5.71. The van der Waals surface area contributed by atoms with Gasteiger partial charge in [-0.2, -0.15) is 0 Å². The fourth-order valence-corrected chi connectivity index (χ4v) is 2.47. The van der Waals surface area contributed by atoms with Crippen LogP contribution >= 0.6 is 0 Å². The van der Waals surface area contributed by atoms with Gasteiger partial charge in [-0.15, -0.1) is 0 Å². The number of carboxylic acids is 1.